The highest BCUT2D eigenvalue weighted by molar-refractivity contribution is 6.07. The highest BCUT2D eigenvalue weighted by atomic mass is 16.5. The zero-order valence-electron chi connectivity index (χ0n) is 16.3. The van der Waals surface area contributed by atoms with Crippen molar-refractivity contribution >= 4 is 23.5 Å². The van der Waals surface area contributed by atoms with Crippen molar-refractivity contribution in [2.24, 2.45) is 0 Å². The van der Waals surface area contributed by atoms with Gasteiger partial charge in [0, 0.05) is 31.0 Å². The van der Waals surface area contributed by atoms with Crippen LogP contribution in [0.4, 0.5) is 5.69 Å². The fourth-order valence-corrected chi connectivity index (χ4v) is 2.93. The van der Waals surface area contributed by atoms with E-state index < -0.39 is 5.97 Å². The molecular weight excluding hydrogens is 346 g/mol. The largest absolute Gasteiger partial charge is 0.465 e. The van der Waals surface area contributed by atoms with Gasteiger partial charge in [0.15, 0.2) is 0 Å². The van der Waals surface area contributed by atoms with E-state index in [2.05, 4.69) is 10.3 Å². The van der Waals surface area contributed by atoms with E-state index in [0.717, 1.165) is 6.42 Å². The number of nitrogens with one attached hydrogen (secondary N) is 2. The first-order chi connectivity index (χ1) is 12.8. The molecule has 0 bridgehead atoms. The Kier molecular flexibility index (Phi) is 6.39. The standard InChI is InChI=1S/C20H25N3O4/c1-6-8-15-16(20(26)27-5)12(2)21-17(15)18(24)22-14-10-7-9-13(11-14)19(25)23(3)4/h7,9-11,21H,6,8H2,1-5H3,(H,22,24). The summed E-state index contributed by atoms with van der Waals surface area (Å²) >= 11 is 0. The fraction of sp³-hybridized carbons (Fsp3) is 0.350. The van der Waals surface area contributed by atoms with Crippen molar-refractivity contribution in [2.75, 3.05) is 26.5 Å². The van der Waals surface area contributed by atoms with Gasteiger partial charge in [0.05, 0.1) is 12.7 Å². The number of benzene rings is 1. The highest BCUT2D eigenvalue weighted by Gasteiger charge is 2.24. The quantitative estimate of drug-likeness (QED) is 0.764. The first-order valence-corrected chi connectivity index (χ1v) is 8.72. The molecule has 2 amide bonds. The Labute approximate surface area is 158 Å². The summed E-state index contributed by atoms with van der Waals surface area (Å²) < 4.78 is 4.85. The molecular formula is C20H25N3O4. The van der Waals surface area contributed by atoms with Gasteiger partial charge in [0.2, 0.25) is 0 Å². The molecule has 0 fully saturated rings. The average Bonchev–Trinajstić information content (AvgIpc) is 2.97. The van der Waals surface area contributed by atoms with Crippen LogP contribution >= 0.6 is 0 Å². The number of hydrogen-bond donors (Lipinski definition) is 2. The zero-order chi connectivity index (χ0) is 20.1. The summed E-state index contributed by atoms with van der Waals surface area (Å²) in [5.41, 5.74) is 2.94. The number of ether oxygens (including phenoxy) is 1. The molecule has 1 aromatic heterocycles. The van der Waals surface area contributed by atoms with Crippen LogP contribution in [-0.2, 0) is 11.2 Å². The van der Waals surface area contributed by atoms with Gasteiger partial charge in [0.1, 0.15) is 5.69 Å². The van der Waals surface area contributed by atoms with E-state index in [9.17, 15) is 14.4 Å². The molecule has 0 saturated heterocycles. The number of nitrogens with zero attached hydrogens (tertiary/aromatic N) is 1. The summed E-state index contributed by atoms with van der Waals surface area (Å²) in [5.74, 6) is -0.988. The van der Waals surface area contributed by atoms with Crippen LogP contribution in [0.2, 0.25) is 0 Å². The lowest BCUT2D eigenvalue weighted by atomic mass is 10.0. The first-order valence-electron chi connectivity index (χ1n) is 8.72. The van der Waals surface area contributed by atoms with Crippen molar-refractivity contribution in [3.63, 3.8) is 0 Å². The van der Waals surface area contributed by atoms with E-state index in [1.165, 1.54) is 12.0 Å². The molecule has 0 aliphatic carbocycles. The molecule has 0 aliphatic heterocycles. The molecule has 0 atom stereocenters. The third-order valence-corrected chi connectivity index (χ3v) is 4.18. The molecule has 7 nitrogen and oxygen atoms in total. The molecule has 1 aromatic carbocycles. The van der Waals surface area contributed by atoms with Crippen LogP contribution in [0.25, 0.3) is 0 Å². The lowest BCUT2D eigenvalue weighted by Crippen LogP contribution is -2.22. The van der Waals surface area contributed by atoms with Crippen molar-refractivity contribution in [1.82, 2.24) is 9.88 Å². The molecule has 0 saturated carbocycles. The normalized spacial score (nSPS) is 10.4. The number of anilines is 1. The van der Waals surface area contributed by atoms with Gasteiger partial charge in [-0.25, -0.2) is 4.79 Å². The molecule has 7 heteroatoms. The minimum absolute atomic E-state index is 0.151. The van der Waals surface area contributed by atoms with E-state index in [4.69, 9.17) is 4.74 Å². The summed E-state index contributed by atoms with van der Waals surface area (Å²) in [6.45, 7) is 3.71. The number of H-pyrrole nitrogens is 1. The lowest BCUT2D eigenvalue weighted by molar-refractivity contribution is 0.0598. The molecule has 2 N–H and O–H groups in total. The second-order valence-corrected chi connectivity index (χ2v) is 6.45. The van der Waals surface area contributed by atoms with Crippen LogP contribution in [0.1, 0.15) is 55.8 Å². The number of esters is 1. The van der Waals surface area contributed by atoms with Crippen LogP contribution in [-0.4, -0.2) is 48.9 Å². The molecule has 2 rings (SSSR count). The van der Waals surface area contributed by atoms with Gasteiger partial charge in [-0.15, -0.1) is 0 Å². The molecule has 0 unspecified atom stereocenters. The van der Waals surface area contributed by atoms with Gasteiger partial charge in [-0.2, -0.15) is 0 Å². The van der Waals surface area contributed by atoms with E-state index in [1.807, 2.05) is 6.92 Å². The lowest BCUT2D eigenvalue weighted by Gasteiger charge is -2.12. The first kappa shape index (κ1) is 20.2. The number of carbonyl (C=O) groups excluding carboxylic acids is 3. The van der Waals surface area contributed by atoms with Gasteiger partial charge >= 0.3 is 5.97 Å². The van der Waals surface area contributed by atoms with Crippen LogP contribution in [0.5, 0.6) is 0 Å². The maximum Gasteiger partial charge on any atom is 0.339 e. The van der Waals surface area contributed by atoms with Crippen molar-refractivity contribution in [2.45, 2.75) is 26.7 Å². The second kappa shape index (κ2) is 8.53. The van der Waals surface area contributed by atoms with Crippen LogP contribution in [0.15, 0.2) is 24.3 Å². The number of rotatable bonds is 6. The third kappa shape index (κ3) is 4.36. The van der Waals surface area contributed by atoms with Gasteiger partial charge < -0.3 is 19.9 Å². The van der Waals surface area contributed by atoms with E-state index in [1.54, 1.807) is 45.3 Å². The number of aromatic amines is 1. The van der Waals surface area contributed by atoms with Crippen LogP contribution in [0, 0.1) is 6.92 Å². The monoisotopic (exact) mass is 371 g/mol. The Hall–Kier alpha value is -3.09. The number of hydrogen-bond acceptors (Lipinski definition) is 4. The summed E-state index contributed by atoms with van der Waals surface area (Å²) in [6.07, 6.45) is 1.34. The zero-order valence-corrected chi connectivity index (χ0v) is 16.3. The molecule has 1 heterocycles. The summed E-state index contributed by atoms with van der Waals surface area (Å²) in [6, 6.07) is 6.73. The van der Waals surface area contributed by atoms with Crippen molar-refractivity contribution in [3.8, 4) is 0 Å². The minimum Gasteiger partial charge on any atom is -0.465 e. The Morgan fingerprint density at radius 3 is 2.52 bits per heavy atom. The SMILES string of the molecule is CCCc1c(C(=O)Nc2cccc(C(=O)N(C)C)c2)[nH]c(C)c1C(=O)OC. The molecule has 0 aliphatic rings. The van der Waals surface area contributed by atoms with Gasteiger partial charge in [0.25, 0.3) is 11.8 Å². The maximum absolute atomic E-state index is 12.8. The summed E-state index contributed by atoms with van der Waals surface area (Å²) in [7, 11) is 4.65. The number of aromatic nitrogens is 1. The van der Waals surface area contributed by atoms with Crippen LogP contribution in [0.3, 0.4) is 0 Å². The highest BCUT2D eigenvalue weighted by Crippen LogP contribution is 2.23. The Morgan fingerprint density at radius 2 is 1.93 bits per heavy atom. The molecule has 144 valence electrons. The summed E-state index contributed by atoms with van der Waals surface area (Å²) in [5, 5.41) is 2.80. The Morgan fingerprint density at radius 1 is 1.22 bits per heavy atom. The van der Waals surface area contributed by atoms with E-state index >= 15 is 0 Å². The average molecular weight is 371 g/mol. The number of amides is 2. The number of methoxy groups -OCH3 is 1. The van der Waals surface area contributed by atoms with E-state index in [0.29, 0.717) is 40.2 Å². The summed E-state index contributed by atoms with van der Waals surface area (Å²) in [4.78, 5) is 41.5. The molecule has 27 heavy (non-hydrogen) atoms. The number of carbonyl (C=O) groups is 3. The fourth-order valence-electron chi connectivity index (χ4n) is 2.93. The predicted molar refractivity (Wildman–Crippen MR) is 103 cm³/mol. The van der Waals surface area contributed by atoms with Crippen molar-refractivity contribution in [1.29, 1.82) is 0 Å². The molecule has 2 aromatic rings. The van der Waals surface area contributed by atoms with Gasteiger partial charge in [-0.05, 0) is 37.1 Å². The molecule has 0 spiro atoms. The third-order valence-electron chi connectivity index (χ3n) is 4.18. The molecule has 0 radical (unpaired) electrons. The van der Waals surface area contributed by atoms with Gasteiger partial charge in [-0.3, -0.25) is 9.59 Å². The topological polar surface area (TPSA) is 91.5 Å². The Bertz CT molecular complexity index is 868. The predicted octanol–water partition coefficient (Wildman–Crippen LogP) is 3.02. The number of aryl methyl sites for hydroxylation is 1. The van der Waals surface area contributed by atoms with Crippen LogP contribution < -0.4 is 5.32 Å². The Balaban J connectivity index is 2.35. The maximum atomic E-state index is 12.8. The van der Waals surface area contributed by atoms with E-state index in [-0.39, 0.29) is 11.8 Å². The van der Waals surface area contributed by atoms with Crippen molar-refractivity contribution < 1.29 is 19.1 Å². The van der Waals surface area contributed by atoms with Crippen molar-refractivity contribution in [3.05, 3.63) is 52.3 Å². The van der Waals surface area contributed by atoms with Gasteiger partial charge in [-0.1, -0.05) is 19.4 Å². The minimum atomic E-state index is -0.468. The second-order valence-electron chi connectivity index (χ2n) is 6.45. The smallest absolute Gasteiger partial charge is 0.339 e.